The number of fused-ring (bicyclic) bond motifs is 1. The summed E-state index contributed by atoms with van der Waals surface area (Å²) < 4.78 is 24.5. The average molecular weight is 638 g/mol. The molecular weight excluding hydrogens is 582 g/mol. The van der Waals surface area contributed by atoms with E-state index in [4.69, 9.17) is 18.9 Å². The van der Waals surface area contributed by atoms with Crippen molar-refractivity contribution in [2.75, 3.05) is 14.1 Å². The maximum Gasteiger partial charge on any atom is 0.308 e. The zero-order chi connectivity index (χ0) is 33.6. The van der Waals surface area contributed by atoms with Gasteiger partial charge in [-0.2, -0.15) is 5.10 Å². The highest BCUT2D eigenvalue weighted by Crippen LogP contribution is 2.45. The second kappa shape index (κ2) is 16.1. The molecule has 3 aliphatic heterocycles. The molecule has 2 fully saturated rings. The Balaban J connectivity index is 2.01. The average Bonchev–Trinajstić information content (AvgIpc) is 3.65. The van der Waals surface area contributed by atoms with E-state index in [9.17, 15) is 24.6 Å². The van der Waals surface area contributed by atoms with Crippen LogP contribution in [-0.2, 0) is 33.3 Å². The number of rotatable bonds is 7. The smallest absolute Gasteiger partial charge is 0.308 e. The van der Waals surface area contributed by atoms with Crippen LogP contribution in [0, 0.1) is 23.7 Å². The molecule has 12 heteroatoms. The zero-order valence-corrected chi connectivity index (χ0v) is 28.3. The first-order valence-corrected chi connectivity index (χ1v) is 16.3. The summed E-state index contributed by atoms with van der Waals surface area (Å²) in [4.78, 5) is 39.9. The van der Waals surface area contributed by atoms with E-state index in [2.05, 4.69) is 10.5 Å². The Morgan fingerprint density at radius 2 is 1.87 bits per heavy atom. The maximum atomic E-state index is 13.4. The molecule has 0 aromatic carbocycles. The lowest BCUT2D eigenvalue weighted by molar-refractivity contribution is -0.282. The summed E-state index contributed by atoms with van der Waals surface area (Å²) >= 11 is 0. The first kappa shape index (κ1) is 37.2. The molecule has 12 nitrogen and oxygen atoms in total. The van der Waals surface area contributed by atoms with E-state index in [0.29, 0.717) is 19.3 Å². The van der Waals surface area contributed by atoms with Crippen LogP contribution in [0.3, 0.4) is 0 Å². The quantitative estimate of drug-likeness (QED) is 0.164. The monoisotopic (exact) mass is 637 g/mol. The molecule has 0 saturated carbocycles. The van der Waals surface area contributed by atoms with Crippen LogP contribution in [0.2, 0.25) is 0 Å². The van der Waals surface area contributed by atoms with Crippen LogP contribution >= 0.6 is 0 Å². The molecule has 45 heavy (non-hydrogen) atoms. The van der Waals surface area contributed by atoms with Gasteiger partial charge in [-0.3, -0.25) is 14.4 Å². The van der Waals surface area contributed by atoms with Crippen molar-refractivity contribution in [2.24, 2.45) is 28.8 Å². The molecule has 3 rings (SSSR count). The number of aliphatic hydroxyl groups excluding tert-OH is 2. The lowest BCUT2D eigenvalue weighted by atomic mass is 9.79. The van der Waals surface area contributed by atoms with E-state index in [1.807, 2.05) is 53.6 Å². The van der Waals surface area contributed by atoms with Crippen molar-refractivity contribution in [3.63, 3.8) is 0 Å². The van der Waals surface area contributed by atoms with Crippen LogP contribution in [0.15, 0.2) is 17.3 Å². The summed E-state index contributed by atoms with van der Waals surface area (Å²) in [5.74, 6) is -2.57. The number of nitrogens with zero attached hydrogens (tertiary/aromatic N) is 2. The number of esters is 1. The number of ether oxygens (including phenoxy) is 4. The molecule has 1 amide bonds. The third-order valence-electron chi connectivity index (χ3n) is 9.61. The number of allylic oxidation sites excluding steroid dienone is 1. The summed E-state index contributed by atoms with van der Waals surface area (Å²) in [5, 5.41) is 26.7. The number of cyclic esters (lactones) is 1. The van der Waals surface area contributed by atoms with Crippen molar-refractivity contribution in [3.05, 3.63) is 12.2 Å². The zero-order valence-electron chi connectivity index (χ0n) is 28.3. The van der Waals surface area contributed by atoms with Gasteiger partial charge in [0.05, 0.1) is 30.8 Å². The number of epoxide rings is 1. The fraction of sp³-hybridized carbons (Fsp3) is 0.818. The standard InChI is InChI=1S/C33H55N3O9/c1-10-27-21(5)31-33(7,45-31)13-11-25(38)18(2)15-23(12-14-34-35-22(6)37)30(20(4)26(39)17-28(40)43-27)44-32-29(41)24(36(8)9)16-19(3)42-32/h11,13-14,18-21,23-24,26-27,29-32,39,41H,10,12,15-17H2,1-9H3,(H,35,37)/b13-11+,34-14+/t18?,19-,20?,21?,23?,24-,26?,27?,29+,30?,31?,32+,33?/m0/s1. The van der Waals surface area contributed by atoms with Gasteiger partial charge >= 0.3 is 5.97 Å². The summed E-state index contributed by atoms with van der Waals surface area (Å²) in [7, 11) is 3.77. The number of carbonyl (C=O) groups excluding carboxylic acids is 3. The van der Waals surface area contributed by atoms with Gasteiger partial charge in [-0.15, -0.1) is 0 Å². The predicted octanol–water partition coefficient (Wildman–Crippen LogP) is 2.59. The topological polar surface area (TPSA) is 160 Å². The van der Waals surface area contributed by atoms with E-state index in [1.165, 1.54) is 6.92 Å². The number of nitrogens with one attached hydrogen (secondary N) is 1. The highest BCUT2D eigenvalue weighted by atomic mass is 16.7. The first-order valence-electron chi connectivity index (χ1n) is 16.3. The van der Waals surface area contributed by atoms with Crippen LogP contribution < -0.4 is 5.43 Å². The summed E-state index contributed by atoms with van der Waals surface area (Å²) in [5.41, 5.74) is 1.75. The minimum Gasteiger partial charge on any atom is -0.462 e. The number of hydrogen-bond acceptors (Lipinski definition) is 11. The molecule has 2 saturated heterocycles. The molecule has 256 valence electrons. The van der Waals surface area contributed by atoms with Crippen molar-refractivity contribution in [3.8, 4) is 0 Å². The van der Waals surface area contributed by atoms with E-state index in [1.54, 1.807) is 25.3 Å². The molecule has 3 heterocycles. The Morgan fingerprint density at radius 1 is 1.18 bits per heavy atom. The molecule has 13 atom stereocenters. The summed E-state index contributed by atoms with van der Waals surface area (Å²) in [6.45, 7) is 12.7. The summed E-state index contributed by atoms with van der Waals surface area (Å²) in [6, 6.07) is -0.228. The largest absolute Gasteiger partial charge is 0.462 e. The number of amides is 1. The highest BCUT2D eigenvalue weighted by molar-refractivity contribution is 5.91. The highest BCUT2D eigenvalue weighted by Gasteiger charge is 2.55. The molecule has 0 spiro atoms. The number of aliphatic hydroxyl groups is 2. The molecule has 9 unspecified atom stereocenters. The molecule has 0 aromatic heterocycles. The van der Waals surface area contributed by atoms with Crippen LogP contribution in [0.4, 0.5) is 0 Å². The van der Waals surface area contributed by atoms with Crippen LogP contribution in [-0.4, -0.2) is 108 Å². The Bertz CT molecular complexity index is 1080. The van der Waals surface area contributed by atoms with Crippen molar-refractivity contribution >= 4 is 23.9 Å². The van der Waals surface area contributed by atoms with Crippen molar-refractivity contribution in [2.45, 2.75) is 135 Å². The van der Waals surface area contributed by atoms with Crippen molar-refractivity contribution in [1.82, 2.24) is 10.3 Å². The molecule has 0 bridgehead atoms. The maximum absolute atomic E-state index is 13.4. The van der Waals surface area contributed by atoms with E-state index in [0.717, 1.165) is 0 Å². The molecule has 0 aromatic rings. The molecular formula is C33H55N3O9. The molecule has 3 N–H and O–H groups in total. The van der Waals surface area contributed by atoms with Crippen LogP contribution in [0.1, 0.15) is 80.6 Å². The minimum absolute atomic E-state index is 0.0883. The molecule has 0 aliphatic carbocycles. The Hall–Kier alpha value is -2.22. The van der Waals surface area contributed by atoms with Gasteiger partial charge in [0.1, 0.15) is 17.8 Å². The predicted molar refractivity (Wildman–Crippen MR) is 168 cm³/mol. The van der Waals surface area contributed by atoms with Gasteiger partial charge in [0, 0.05) is 36.9 Å². The second-order valence-corrected chi connectivity index (χ2v) is 13.7. The first-order chi connectivity index (χ1) is 21.1. The van der Waals surface area contributed by atoms with Gasteiger partial charge in [0.25, 0.3) is 0 Å². The van der Waals surface area contributed by atoms with E-state index >= 15 is 0 Å². The van der Waals surface area contributed by atoms with Gasteiger partial charge in [-0.25, -0.2) is 5.43 Å². The van der Waals surface area contributed by atoms with Crippen LogP contribution in [0.25, 0.3) is 0 Å². The van der Waals surface area contributed by atoms with Gasteiger partial charge in [-0.05, 0) is 71.7 Å². The SMILES string of the molecule is CCC1OC(=O)CC(O)C(C)C(O[C@H]2O[C@@H](C)C[C@H](N(C)C)[C@H]2O)C(C/C=N/NC(C)=O)CC(C)C(=O)/C=C/C2(C)OC2C1C. The third-order valence-corrected chi connectivity index (χ3v) is 9.61. The van der Waals surface area contributed by atoms with Gasteiger partial charge in [-0.1, -0.05) is 27.7 Å². The lowest BCUT2D eigenvalue weighted by Crippen LogP contribution is -2.56. The molecule has 3 aliphatic rings. The van der Waals surface area contributed by atoms with E-state index in [-0.39, 0.29) is 48.7 Å². The Kier molecular flexibility index (Phi) is 13.3. The Morgan fingerprint density at radius 3 is 2.49 bits per heavy atom. The van der Waals surface area contributed by atoms with Crippen LogP contribution in [0.5, 0.6) is 0 Å². The van der Waals surface area contributed by atoms with Gasteiger partial charge < -0.3 is 34.1 Å². The van der Waals surface area contributed by atoms with Crippen molar-refractivity contribution in [1.29, 1.82) is 0 Å². The minimum atomic E-state index is -1.16. The van der Waals surface area contributed by atoms with Gasteiger partial charge in [0.15, 0.2) is 12.1 Å². The fourth-order valence-electron chi connectivity index (χ4n) is 6.70. The number of hydrogen-bond donors (Lipinski definition) is 3. The van der Waals surface area contributed by atoms with Gasteiger partial charge in [0.2, 0.25) is 5.91 Å². The lowest BCUT2D eigenvalue weighted by Gasteiger charge is -2.44. The number of likely N-dealkylation sites (N-methyl/N-ethyl adjacent to an activating group) is 1. The summed E-state index contributed by atoms with van der Waals surface area (Å²) in [6.07, 6.45) is 1.63. The number of ketones is 1. The van der Waals surface area contributed by atoms with E-state index < -0.39 is 60.0 Å². The number of carbonyl (C=O) groups is 3. The second-order valence-electron chi connectivity index (χ2n) is 13.7. The Labute approximate surface area is 267 Å². The fourth-order valence-corrected chi connectivity index (χ4v) is 6.70. The third kappa shape index (κ3) is 9.89. The normalized spacial score (nSPS) is 42.7. The van der Waals surface area contributed by atoms with Crippen molar-refractivity contribution < 1.29 is 43.5 Å². The number of hydrazone groups is 1. The molecule has 0 radical (unpaired) electrons.